The van der Waals surface area contributed by atoms with Crippen molar-refractivity contribution < 1.29 is 15.6 Å². The molecular weight excluding hydrogens is 767 g/mol. The minimum atomic E-state index is -4.91. The average Bonchev–Trinajstić information content (AvgIpc) is 3.65. The van der Waals surface area contributed by atoms with Gasteiger partial charge in [0.15, 0.2) is 0 Å². The number of halogens is 2. The van der Waals surface area contributed by atoms with E-state index >= 15 is 0 Å². The predicted molar refractivity (Wildman–Crippen MR) is 232 cm³/mol. The zero-order valence-corrected chi connectivity index (χ0v) is 39.0. The average molecular weight is 828 g/mol. The van der Waals surface area contributed by atoms with E-state index in [4.69, 9.17) is 17.0 Å². The molecule has 4 aromatic rings. The molecule has 4 aromatic carbocycles. The minimum absolute atomic E-state index is 0.0754. The molecule has 0 saturated carbocycles. The zero-order chi connectivity index (χ0) is 38.0. The van der Waals surface area contributed by atoms with Gasteiger partial charge in [0, 0.05) is 0 Å². The van der Waals surface area contributed by atoms with E-state index in [1.165, 1.54) is 85.2 Å². The van der Waals surface area contributed by atoms with Gasteiger partial charge in [0.05, 0.1) is 0 Å². The molecule has 0 nitrogen and oxygen atoms in total. The molecule has 6 rings (SSSR count). The van der Waals surface area contributed by atoms with E-state index in [1.54, 1.807) is 0 Å². The summed E-state index contributed by atoms with van der Waals surface area (Å²) in [6.07, 6.45) is 8.56. The molecular formula is C48H61Cl2SiZr. The Morgan fingerprint density at radius 2 is 1.23 bits per heavy atom. The van der Waals surface area contributed by atoms with Crippen LogP contribution >= 0.6 is 17.0 Å². The number of hydrogen-bond donors (Lipinski definition) is 0. The van der Waals surface area contributed by atoms with E-state index in [-0.39, 0.29) is 18.1 Å². The van der Waals surface area contributed by atoms with Crippen LogP contribution in [0.1, 0.15) is 128 Å². The summed E-state index contributed by atoms with van der Waals surface area (Å²) in [5.74, 6) is -1.26. The Kier molecular flexibility index (Phi) is 10.9. The summed E-state index contributed by atoms with van der Waals surface area (Å²) in [6, 6.07) is 30.3. The number of fused-ring (bicyclic) bond motifs is 2. The van der Waals surface area contributed by atoms with Crippen LogP contribution in [0, 0.1) is 12.8 Å². The quantitative estimate of drug-likeness (QED) is 0.147. The predicted octanol–water partition coefficient (Wildman–Crippen LogP) is 15.3. The monoisotopic (exact) mass is 825 g/mol. The first-order valence-corrected chi connectivity index (χ1v) is 36.0. The standard InChI is InChI=1S/C25H31.C21H23.C2H7Si.2ClH.Zr/c1-6-7-9-18(2)21-16-20-10-8-11-23(24(20)17-21)19-12-14-22(15-13-19)25(3,4)5;1-14-10-17-11-15(2)13-20(17)19(12-14)16-6-8-18(9-7-16)21(3,4)5;1-3-2;;;/h8,10-18H,6-7,9H2,1-5H3;6-13H,1-5H3;3H,1-2H3;2*1H;/q;;;;;+2/p-2. The zero-order valence-electron chi connectivity index (χ0n) is 33.8. The van der Waals surface area contributed by atoms with Gasteiger partial charge in [0.1, 0.15) is 0 Å². The van der Waals surface area contributed by atoms with Crippen LogP contribution < -0.4 is 0 Å². The molecule has 0 saturated heterocycles. The molecule has 3 atom stereocenters. The molecule has 0 N–H and O–H groups in total. The molecule has 4 heteroatoms. The molecule has 0 aliphatic heterocycles. The van der Waals surface area contributed by atoms with Crippen LogP contribution in [0.25, 0.3) is 34.4 Å². The summed E-state index contributed by atoms with van der Waals surface area (Å²) < 4.78 is 0.160. The van der Waals surface area contributed by atoms with Crippen LogP contribution in [-0.2, 0) is 26.4 Å². The third-order valence-corrected chi connectivity index (χ3v) is 64.4. The molecule has 0 bridgehead atoms. The van der Waals surface area contributed by atoms with Crippen LogP contribution in [0.3, 0.4) is 0 Å². The van der Waals surface area contributed by atoms with Gasteiger partial charge in [-0.1, -0.05) is 0 Å². The van der Waals surface area contributed by atoms with Crippen molar-refractivity contribution in [3.63, 3.8) is 0 Å². The van der Waals surface area contributed by atoms with E-state index in [2.05, 4.69) is 173 Å². The Balaban J connectivity index is 1.55. The second-order valence-corrected chi connectivity index (χ2v) is 61.1. The summed E-state index contributed by atoms with van der Waals surface area (Å²) in [4.78, 5) is 0. The van der Waals surface area contributed by atoms with Gasteiger partial charge in [0.2, 0.25) is 0 Å². The number of unbranched alkanes of at least 4 members (excludes halogenated alkanes) is 1. The van der Waals surface area contributed by atoms with Gasteiger partial charge in [0.25, 0.3) is 0 Å². The molecule has 0 radical (unpaired) electrons. The van der Waals surface area contributed by atoms with Gasteiger partial charge >= 0.3 is 327 Å². The van der Waals surface area contributed by atoms with Crippen LogP contribution in [0.15, 0.2) is 90.0 Å². The fourth-order valence-electron chi connectivity index (χ4n) is 9.28. The summed E-state index contributed by atoms with van der Waals surface area (Å²) in [7, 11) is 17.6. The Labute approximate surface area is 324 Å². The van der Waals surface area contributed by atoms with Crippen molar-refractivity contribution in [1.82, 2.24) is 0 Å². The fourth-order valence-corrected chi connectivity index (χ4v) is 41.3. The number of hydrogen-bond acceptors (Lipinski definition) is 0. The second-order valence-electron chi connectivity index (χ2n) is 18.6. The van der Waals surface area contributed by atoms with E-state index in [0.717, 1.165) is 6.42 Å². The Bertz CT molecular complexity index is 2030. The Morgan fingerprint density at radius 1 is 0.692 bits per heavy atom. The molecule has 0 fully saturated rings. The number of benzene rings is 4. The molecule has 52 heavy (non-hydrogen) atoms. The number of aryl methyl sites for hydroxylation is 1. The molecule has 2 aliphatic carbocycles. The summed E-state index contributed by atoms with van der Waals surface area (Å²) in [5, 5.41) is 0. The van der Waals surface area contributed by atoms with Gasteiger partial charge in [-0.3, -0.25) is 0 Å². The third kappa shape index (κ3) is 6.91. The maximum absolute atomic E-state index is 8.81. The van der Waals surface area contributed by atoms with E-state index in [1.807, 2.05) is 0 Å². The molecule has 275 valence electrons. The first-order chi connectivity index (χ1) is 24.3. The first kappa shape index (κ1) is 39.7. The molecule has 0 heterocycles. The SMILES string of the molecule is CCCCC(C)C1=Cc2c(-c3ccc(C(C)(C)C)cc3)cccc2[CH]1[Zr]([Cl])([Cl])([CH]1C(C)=Cc2c(-c3ccc(C(C)(C)C)cc3)cc(C)cc21)[SiH](C)C. The fraction of sp³-hybridized carbons (Fsp3) is 0.417. The summed E-state index contributed by atoms with van der Waals surface area (Å²) >= 11 is -4.91. The van der Waals surface area contributed by atoms with Crippen molar-refractivity contribution in [3.05, 3.63) is 129 Å². The number of rotatable bonds is 9. The molecule has 0 amide bonds. The van der Waals surface area contributed by atoms with Crippen LogP contribution in [-0.4, -0.2) is 5.92 Å². The topological polar surface area (TPSA) is 0 Å². The van der Waals surface area contributed by atoms with Crippen LogP contribution in [0.4, 0.5) is 0 Å². The number of allylic oxidation sites excluding steroid dienone is 2. The van der Waals surface area contributed by atoms with Crippen molar-refractivity contribution in [2.24, 2.45) is 5.92 Å². The molecule has 2 aliphatic rings. The van der Waals surface area contributed by atoms with Crippen molar-refractivity contribution >= 4 is 35.1 Å². The molecule has 3 unspecified atom stereocenters. The normalized spacial score (nSPS) is 18.8. The van der Waals surface area contributed by atoms with E-state index < -0.39 is 21.5 Å². The van der Waals surface area contributed by atoms with Gasteiger partial charge in [-0.05, 0) is 0 Å². The van der Waals surface area contributed by atoms with E-state index in [0.29, 0.717) is 5.92 Å². The summed E-state index contributed by atoms with van der Waals surface area (Å²) in [5.41, 5.74) is 17.6. The van der Waals surface area contributed by atoms with E-state index in [9.17, 15) is 0 Å². The van der Waals surface area contributed by atoms with Gasteiger partial charge < -0.3 is 0 Å². The third-order valence-electron chi connectivity index (χ3n) is 12.5. The maximum atomic E-state index is 8.81. The van der Waals surface area contributed by atoms with Crippen molar-refractivity contribution in [3.8, 4) is 22.3 Å². The first-order valence-electron chi connectivity index (χ1n) is 19.7. The van der Waals surface area contributed by atoms with Crippen molar-refractivity contribution in [1.29, 1.82) is 0 Å². The second kappa shape index (κ2) is 14.3. The van der Waals surface area contributed by atoms with Crippen molar-refractivity contribution in [2.75, 3.05) is 0 Å². The summed E-state index contributed by atoms with van der Waals surface area (Å²) in [6.45, 7) is 28.0. The Morgan fingerprint density at radius 3 is 1.75 bits per heavy atom. The van der Waals surface area contributed by atoms with Gasteiger partial charge in [-0.15, -0.1) is 0 Å². The van der Waals surface area contributed by atoms with Gasteiger partial charge in [-0.2, -0.15) is 0 Å². The Hall–Kier alpha value is -1.96. The molecule has 0 spiro atoms. The van der Waals surface area contributed by atoms with Crippen LogP contribution in [0.5, 0.6) is 0 Å². The van der Waals surface area contributed by atoms with Crippen LogP contribution in [0.2, 0.25) is 13.1 Å². The van der Waals surface area contributed by atoms with Gasteiger partial charge in [-0.25, -0.2) is 0 Å². The van der Waals surface area contributed by atoms with Crippen molar-refractivity contribution in [2.45, 2.75) is 120 Å². The molecule has 0 aromatic heterocycles.